The molecule has 7 heteroatoms. The van der Waals surface area contributed by atoms with Crippen LogP contribution in [0.3, 0.4) is 0 Å². The van der Waals surface area contributed by atoms with Gasteiger partial charge in [-0.15, -0.1) is 0 Å². The van der Waals surface area contributed by atoms with Crippen molar-refractivity contribution in [1.29, 1.82) is 0 Å². The second-order valence-electron chi connectivity index (χ2n) is 6.69. The predicted molar refractivity (Wildman–Crippen MR) is 115 cm³/mol. The van der Waals surface area contributed by atoms with Crippen molar-refractivity contribution in [2.75, 3.05) is 25.6 Å². The minimum absolute atomic E-state index is 0.0246. The van der Waals surface area contributed by atoms with E-state index in [4.69, 9.17) is 19.3 Å². The van der Waals surface area contributed by atoms with Crippen LogP contribution in [0.4, 0.5) is 5.69 Å². The van der Waals surface area contributed by atoms with E-state index in [9.17, 15) is 9.59 Å². The van der Waals surface area contributed by atoms with Crippen LogP contribution in [-0.4, -0.2) is 37.3 Å². The molecule has 0 heterocycles. The number of unbranched alkanes of at least 4 members (excludes halogenated alkanes) is 2. The fraction of sp³-hybridized carbons (Fsp3) is 0.391. The molecule has 2 rings (SSSR count). The number of methoxy groups -OCH3 is 1. The van der Waals surface area contributed by atoms with E-state index in [0.717, 1.165) is 19.3 Å². The summed E-state index contributed by atoms with van der Waals surface area (Å²) in [6.45, 7) is 2.92. The van der Waals surface area contributed by atoms with Crippen molar-refractivity contribution in [2.45, 2.75) is 39.0 Å². The maximum atomic E-state index is 12.9. The van der Waals surface area contributed by atoms with Gasteiger partial charge in [-0.25, -0.2) is 0 Å². The first-order chi connectivity index (χ1) is 14.6. The van der Waals surface area contributed by atoms with Gasteiger partial charge < -0.3 is 24.6 Å². The number of rotatable bonds is 13. The van der Waals surface area contributed by atoms with Crippen molar-refractivity contribution in [3.05, 3.63) is 48.0 Å². The Balaban J connectivity index is 2.09. The van der Waals surface area contributed by atoms with E-state index in [0.29, 0.717) is 41.5 Å². The zero-order valence-corrected chi connectivity index (χ0v) is 17.5. The maximum absolute atomic E-state index is 12.9. The molecule has 7 nitrogen and oxygen atoms in total. The summed E-state index contributed by atoms with van der Waals surface area (Å²) < 4.78 is 16.9. The molecule has 1 amide bonds. The summed E-state index contributed by atoms with van der Waals surface area (Å²) in [5.74, 6) is 0.157. The molecule has 0 radical (unpaired) electrons. The molecule has 0 unspecified atom stereocenters. The monoisotopic (exact) mass is 415 g/mol. The molecular weight excluding hydrogens is 386 g/mol. The molecule has 0 saturated heterocycles. The average Bonchev–Trinajstić information content (AvgIpc) is 2.74. The Hall–Kier alpha value is -3.22. The minimum atomic E-state index is -0.871. The van der Waals surface area contributed by atoms with Gasteiger partial charge >= 0.3 is 5.97 Å². The van der Waals surface area contributed by atoms with Gasteiger partial charge in [-0.1, -0.05) is 38.0 Å². The third kappa shape index (κ3) is 6.99. The van der Waals surface area contributed by atoms with Gasteiger partial charge in [-0.3, -0.25) is 9.59 Å². The number of hydrogen-bond acceptors (Lipinski definition) is 5. The highest BCUT2D eigenvalue weighted by molar-refractivity contribution is 6.07. The fourth-order valence-electron chi connectivity index (χ4n) is 2.84. The number of benzene rings is 2. The lowest BCUT2D eigenvalue weighted by Gasteiger charge is -2.16. The maximum Gasteiger partial charge on any atom is 0.303 e. The summed E-state index contributed by atoms with van der Waals surface area (Å²) >= 11 is 0. The number of hydrogen-bond donors (Lipinski definition) is 2. The Kier molecular flexibility index (Phi) is 9.51. The van der Waals surface area contributed by atoms with Crippen LogP contribution < -0.4 is 19.5 Å². The molecule has 2 aromatic carbocycles. The lowest BCUT2D eigenvalue weighted by Crippen LogP contribution is -2.15. The molecule has 0 spiro atoms. The minimum Gasteiger partial charge on any atom is -0.492 e. The summed E-state index contributed by atoms with van der Waals surface area (Å²) in [5, 5.41) is 11.6. The first-order valence-corrected chi connectivity index (χ1v) is 10.1. The number of anilines is 1. The quantitative estimate of drug-likeness (QED) is 0.458. The van der Waals surface area contributed by atoms with E-state index in [2.05, 4.69) is 12.2 Å². The number of carbonyl (C=O) groups excluding carboxylic acids is 1. The molecule has 2 N–H and O–H groups in total. The first-order valence-electron chi connectivity index (χ1n) is 10.1. The normalized spacial score (nSPS) is 10.3. The summed E-state index contributed by atoms with van der Waals surface area (Å²) in [6.07, 6.45) is 3.51. The van der Waals surface area contributed by atoms with Gasteiger partial charge in [0.25, 0.3) is 5.91 Å². The van der Waals surface area contributed by atoms with E-state index < -0.39 is 5.97 Å². The van der Waals surface area contributed by atoms with Gasteiger partial charge in [-0.05, 0) is 37.1 Å². The summed E-state index contributed by atoms with van der Waals surface area (Å²) in [5.41, 5.74) is 0.848. The highest BCUT2D eigenvalue weighted by atomic mass is 16.5. The van der Waals surface area contributed by atoms with Gasteiger partial charge in [0.1, 0.15) is 5.75 Å². The van der Waals surface area contributed by atoms with Gasteiger partial charge in [0, 0.05) is 6.42 Å². The van der Waals surface area contributed by atoms with Crippen molar-refractivity contribution in [2.24, 2.45) is 0 Å². The molecule has 0 saturated carbocycles. The van der Waals surface area contributed by atoms with E-state index in [1.54, 1.807) is 42.5 Å². The molecule has 0 bridgehead atoms. The van der Waals surface area contributed by atoms with Gasteiger partial charge in [0.2, 0.25) is 0 Å². The topological polar surface area (TPSA) is 94.1 Å². The Morgan fingerprint density at radius 1 is 0.933 bits per heavy atom. The van der Waals surface area contributed by atoms with E-state index in [1.165, 1.54) is 7.11 Å². The van der Waals surface area contributed by atoms with Crippen molar-refractivity contribution < 1.29 is 28.9 Å². The molecule has 0 aliphatic heterocycles. The van der Waals surface area contributed by atoms with Gasteiger partial charge in [0.05, 0.1) is 31.6 Å². The highest BCUT2D eigenvalue weighted by Crippen LogP contribution is 2.33. The lowest BCUT2D eigenvalue weighted by molar-refractivity contribution is -0.137. The molecule has 2 aromatic rings. The molecule has 30 heavy (non-hydrogen) atoms. The number of amides is 1. The SMILES string of the molecule is CCCCCOc1cccc(C(=O)Nc2ccccc2OCCCC(=O)O)c1OC. The number of ether oxygens (including phenoxy) is 3. The van der Waals surface area contributed by atoms with Crippen molar-refractivity contribution in [3.8, 4) is 17.2 Å². The van der Waals surface area contributed by atoms with Gasteiger partial charge in [0.15, 0.2) is 11.5 Å². The Labute approximate surface area is 177 Å². The van der Waals surface area contributed by atoms with Crippen LogP contribution in [0.25, 0.3) is 0 Å². The summed E-state index contributed by atoms with van der Waals surface area (Å²) in [7, 11) is 1.50. The van der Waals surface area contributed by atoms with Gasteiger partial charge in [-0.2, -0.15) is 0 Å². The second kappa shape index (κ2) is 12.4. The fourth-order valence-corrected chi connectivity index (χ4v) is 2.84. The van der Waals surface area contributed by atoms with Crippen LogP contribution in [0.2, 0.25) is 0 Å². The van der Waals surface area contributed by atoms with E-state index >= 15 is 0 Å². The standard InChI is InChI=1S/C23H29NO6/c1-3-4-7-15-30-20-13-8-10-17(22(20)28-2)23(27)24-18-11-5-6-12-19(18)29-16-9-14-21(25)26/h5-6,8,10-13H,3-4,7,9,14-16H2,1-2H3,(H,24,27)(H,25,26). The number of carbonyl (C=O) groups is 2. The first kappa shape index (κ1) is 23.1. The third-order valence-corrected chi connectivity index (χ3v) is 4.36. The smallest absolute Gasteiger partial charge is 0.303 e. The third-order valence-electron chi connectivity index (χ3n) is 4.36. The van der Waals surface area contributed by atoms with Crippen molar-refractivity contribution >= 4 is 17.6 Å². The molecule has 162 valence electrons. The molecule has 0 fully saturated rings. The van der Waals surface area contributed by atoms with Crippen LogP contribution in [-0.2, 0) is 4.79 Å². The highest BCUT2D eigenvalue weighted by Gasteiger charge is 2.18. The molecular formula is C23H29NO6. The molecule has 0 aliphatic rings. The van der Waals surface area contributed by atoms with E-state index in [-0.39, 0.29) is 18.9 Å². The number of aliphatic carboxylic acids is 1. The second-order valence-corrected chi connectivity index (χ2v) is 6.69. The molecule has 0 atom stereocenters. The van der Waals surface area contributed by atoms with Crippen LogP contribution in [0.15, 0.2) is 42.5 Å². The molecule has 0 aromatic heterocycles. The number of carboxylic acid groups (broad SMARTS) is 1. The predicted octanol–water partition coefficient (Wildman–Crippen LogP) is 4.76. The number of para-hydroxylation sites is 3. The zero-order valence-electron chi connectivity index (χ0n) is 17.5. The zero-order chi connectivity index (χ0) is 21.8. The summed E-state index contributed by atoms with van der Waals surface area (Å²) in [6, 6.07) is 12.2. The lowest BCUT2D eigenvalue weighted by atomic mass is 10.1. The molecule has 0 aliphatic carbocycles. The average molecular weight is 415 g/mol. The Morgan fingerprint density at radius 3 is 2.37 bits per heavy atom. The number of nitrogens with one attached hydrogen (secondary N) is 1. The summed E-state index contributed by atoms with van der Waals surface area (Å²) in [4.78, 5) is 23.5. The Bertz CT molecular complexity index is 836. The van der Waals surface area contributed by atoms with E-state index in [1.807, 2.05) is 0 Å². The number of carboxylic acids is 1. The van der Waals surface area contributed by atoms with Crippen LogP contribution in [0.5, 0.6) is 17.2 Å². The van der Waals surface area contributed by atoms with Crippen LogP contribution in [0, 0.1) is 0 Å². The van der Waals surface area contributed by atoms with Crippen LogP contribution >= 0.6 is 0 Å². The van der Waals surface area contributed by atoms with Crippen molar-refractivity contribution in [1.82, 2.24) is 0 Å². The largest absolute Gasteiger partial charge is 0.492 e. The van der Waals surface area contributed by atoms with Crippen LogP contribution in [0.1, 0.15) is 49.4 Å². The van der Waals surface area contributed by atoms with Crippen molar-refractivity contribution in [3.63, 3.8) is 0 Å². The Morgan fingerprint density at radius 2 is 1.63 bits per heavy atom.